The van der Waals surface area contributed by atoms with Gasteiger partial charge in [0, 0.05) is 12.4 Å². The van der Waals surface area contributed by atoms with E-state index in [2.05, 4.69) is 16.5 Å². The van der Waals surface area contributed by atoms with Crippen molar-refractivity contribution < 1.29 is 5.11 Å². The second-order valence-corrected chi connectivity index (χ2v) is 4.98. The maximum absolute atomic E-state index is 10.1. The highest BCUT2D eigenvalue weighted by atomic mass is 16.3. The monoisotopic (exact) mass is 222 g/mol. The van der Waals surface area contributed by atoms with Crippen LogP contribution in [0, 0.1) is 12.8 Å². The lowest BCUT2D eigenvalue weighted by Crippen LogP contribution is -2.31. The number of aliphatic hydroxyl groups is 1. The number of rotatable bonds is 3. The molecule has 1 aromatic heterocycles. The number of aliphatic hydroxyl groups excluding tert-OH is 1. The summed E-state index contributed by atoms with van der Waals surface area (Å²) in [7, 11) is 0. The van der Waals surface area contributed by atoms with Gasteiger partial charge in [-0.1, -0.05) is 19.8 Å². The van der Waals surface area contributed by atoms with Gasteiger partial charge in [0.1, 0.15) is 5.82 Å². The van der Waals surface area contributed by atoms with Gasteiger partial charge < -0.3 is 9.67 Å². The Kier molecular flexibility index (Phi) is 3.64. The fourth-order valence-corrected chi connectivity index (χ4v) is 2.92. The molecule has 1 saturated carbocycles. The highest BCUT2D eigenvalue weighted by Gasteiger charge is 2.30. The van der Waals surface area contributed by atoms with Crippen molar-refractivity contribution in [2.75, 3.05) is 0 Å². The second kappa shape index (κ2) is 5.00. The zero-order chi connectivity index (χ0) is 11.5. The molecule has 3 nitrogen and oxygen atoms in total. The minimum Gasteiger partial charge on any atom is -0.391 e. The molecule has 3 heteroatoms. The lowest BCUT2D eigenvalue weighted by Gasteiger charge is -2.34. The van der Waals surface area contributed by atoms with Crippen LogP contribution in [0.4, 0.5) is 0 Å². The minimum atomic E-state index is -0.194. The number of hydrogen-bond donors (Lipinski definition) is 1. The van der Waals surface area contributed by atoms with Crippen LogP contribution in [0.5, 0.6) is 0 Å². The fraction of sp³-hybridized carbons (Fsp3) is 0.769. The van der Waals surface area contributed by atoms with Gasteiger partial charge in [-0.05, 0) is 32.1 Å². The fourth-order valence-electron chi connectivity index (χ4n) is 2.92. The van der Waals surface area contributed by atoms with Crippen LogP contribution in [-0.4, -0.2) is 20.8 Å². The summed E-state index contributed by atoms with van der Waals surface area (Å²) >= 11 is 0. The van der Waals surface area contributed by atoms with E-state index in [9.17, 15) is 5.11 Å². The van der Waals surface area contributed by atoms with Gasteiger partial charge >= 0.3 is 0 Å². The average Bonchev–Trinajstić information content (AvgIpc) is 2.68. The van der Waals surface area contributed by atoms with E-state index in [1.165, 1.54) is 19.3 Å². The summed E-state index contributed by atoms with van der Waals surface area (Å²) in [5.74, 6) is 1.79. The van der Waals surface area contributed by atoms with Gasteiger partial charge in [-0.25, -0.2) is 4.98 Å². The van der Waals surface area contributed by atoms with E-state index in [0.29, 0.717) is 0 Å². The van der Waals surface area contributed by atoms with Crippen molar-refractivity contribution in [3.8, 4) is 0 Å². The highest BCUT2D eigenvalue weighted by Crippen LogP contribution is 2.35. The van der Waals surface area contributed by atoms with Crippen molar-refractivity contribution >= 4 is 0 Å². The first kappa shape index (κ1) is 11.6. The van der Waals surface area contributed by atoms with Crippen molar-refractivity contribution in [2.45, 2.75) is 58.1 Å². The smallest absolute Gasteiger partial charge is 0.105 e. The van der Waals surface area contributed by atoms with Gasteiger partial charge in [-0.2, -0.15) is 0 Å². The summed E-state index contributed by atoms with van der Waals surface area (Å²) in [6.45, 7) is 4.25. The van der Waals surface area contributed by atoms with Crippen LogP contribution in [0.15, 0.2) is 12.4 Å². The molecule has 1 aromatic rings. The normalized spacial score (nSPS) is 30.6. The zero-order valence-corrected chi connectivity index (χ0v) is 10.3. The highest BCUT2D eigenvalue weighted by molar-refractivity contribution is 4.96. The van der Waals surface area contributed by atoms with E-state index in [-0.39, 0.29) is 12.1 Å². The Hall–Kier alpha value is -0.830. The van der Waals surface area contributed by atoms with Crippen LogP contribution < -0.4 is 0 Å². The Morgan fingerprint density at radius 1 is 1.50 bits per heavy atom. The molecule has 0 spiro atoms. The van der Waals surface area contributed by atoms with Crippen LogP contribution in [0.1, 0.15) is 50.9 Å². The summed E-state index contributed by atoms with van der Waals surface area (Å²) in [6, 6.07) is 0.243. The molecule has 90 valence electrons. The molecule has 3 atom stereocenters. The molecule has 3 unspecified atom stereocenters. The van der Waals surface area contributed by atoms with E-state index in [1.54, 1.807) is 0 Å². The molecule has 1 fully saturated rings. The SMILES string of the molecule is CCCC1CCC(O)C(n2ccnc2C)C1. The Morgan fingerprint density at radius 2 is 2.31 bits per heavy atom. The van der Waals surface area contributed by atoms with E-state index in [1.807, 2.05) is 19.3 Å². The first-order valence-electron chi connectivity index (χ1n) is 6.40. The van der Waals surface area contributed by atoms with Crippen LogP contribution in [0.25, 0.3) is 0 Å². The summed E-state index contributed by atoms with van der Waals surface area (Å²) in [6.07, 6.45) is 9.38. The van der Waals surface area contributed by atoms with E-state index in [4.69, 9.17) is 0 Å². The van der Waals surface area contributed by atoms with Crippen molar-refractivity contribution in [3.05, 3.63) is 18.2 Å². The molecule has 1 N–H and O–H groups in total. The summed E-state index contributed by atoms with van der Waals surface area (Å²) < 4.78 is 2.15. The molecular formula is C13H22N2O. The van der Waals surface area contributed by atoms with Crippen LogP contribution in [0.3, 0.4) is 0 Å². The maximum atomic E-state index is 10.1. The number of aryl methyl sites for hydroxylation is 1. The topological polar surface area (TPSA) is 38.0 Å². The molecule has 0 aromatic carbocycles. The molecule has 1 aliphatic rings. The summed E-state index contributed by atoms with van der Waals surface area (Å²) in [5, 5.41) is 10.1. The Bertz CT molecular complexity index is 334. The average molecular weight is 222 g/mol. The Balaban J connectivity index is 2.10. The Morgan fingerprint density at radius 3 is 2.94 bits per heavy atom. The van der Waals surface area contributed by atoms with Gasteiger partial charge in [-0.15, -0.1) is 0 Å². The van der Waals surface area contributed by atoms with Gasteiger partial charge in [0.05, 0.1) is 12.1 Å². The molecular weight excluding hydrogens is 200 g/mol. The lowest BCUT2D eigenvalue weighted by molar-refractivity contribution is 0.0512. The summed E-state index contributed by atoms with van der Waals surface area (Å²) in [4.78, 5) is 4.25. The standard InChI is InChI=1S/C13H22N2O/c1-3-4-11-5-6-13(16)12(9-11)15-8-7-14-10(15)2/h7-8,11-13,16H,3-6,9H2,1-2H3. The van der Waals surface area contributed by atoms with E-state index in [0.717, 1.165) is 24.6 Å². The third-order valence-electron chi connectivity index (χ3n) is 3.81. The van der Waals surface area contributed by atoms with Crippen LogP contribution in [0.2, 0.25) is 0 Å². The van der Waals surface area contributed by atoms with Crippen molar-refractivity contribution in [3.63, 3.8) is 0 Å². The predicted molar refractivity (Wildman–Crippen MR) is 64.3 cm³/mol. The first-order chi connectivity index (χ1) is 7.72. The first-order valence-corrected chi connectivity index (χ1v) is 6.40. The molecule has 16 heavy (non-hydrogen) atoms. The molecule has 0 aliphatic heterocycles. The number of imidazole rings is 1. The van der Waals surface area contributed by atoms with Gasteiger partial charge in [0.15, 0.2) is 0 Å². The van der Waals surface area contributed by atoms with Crippen molar-refractivity contribution in [1.82, 2.24) is 9.55 Å². The van der Waals surface area contributed by atoms with Crippen LogP contribution in [-0.2, 0) is 0 Å². The number of hydrogen-bond acceptors (Lipinski definition) is 2. The molecule has 1 aliphatic carbocycles. The van der Waals surface area contributed by atoms with E-state index < -0.39 is 0 Å². The van der Waals surface area contributed by atoms with Gasteiger partial charge in [0.25, 0.3) is 0 Å². The Labute approximate surface area is 97.5 Å². The molecule has 1 heterocycles. The van der Waals surface area contributed by atoms with E-state index >= 15 is 0 Å². The van der Waals surface area contributed by atoms with Crippen molar-refractivity contribution in [2.24, 2.45) is 5.92 Å². The largest absolute Gasteiger partial charge is 0.391 e. The lowest BCUT2D eigenvalue weighted by atomic mass is 9.81. The summed E-state index contributed by atoms with van der Waals surface area (Å²) in [5.41, 5.74) is 0. The van der Waals surface area contributed by atoms with Crippen LogP contribution >= 0.6 is 0 Å². The number of nitrogens with zero attached hydrogens (tertiary/aromatic N) is 2. The maximum Gasteiger partial charge on any atom is 0.105 e. The van der Waals surface area contributed by atoms with Crippen molar-refractivity contribution in [1.29, 1.82) is 0 Å². The molecule has 0 radical (unpaired) electrons. The third-order valence-corrected chi connectivity index (χ3v) is 3.81. The van der Waals surface area contributed by atoms with Gasteiger partial charge in [0.2, 0.25) is 0 Å². The van der Waals surface area contributed by atoms with Gasteiger partial charge in [-0.3, -0.25) is 0 Å². The third kappa shape index (κ3) is 2.29. The predicted octanol–water partition coefficient (Wildman–Crippen LogP) is 2.69. The molecule has 0 amide bonds. The minimum absolute atomic E-state index is 0.194. The number of aromatic nitrogens is 2. The molecule has 0 saturated heterocycles. The quantitative estimate of drug-likeness (QED) is 0.854. The molecule has 0 bridgehead atoms. The molecule has 2 rings (SSSR count). The second-order valence-electron chi connectivity index (χ2n) is 4.98. The zero-order valence-electron chi connectivity index (χ0n) is 10.3.